The number of sulfonamides is 1. The number of nitrogens with zero attached hydrogens (tertiary/aromatic N) is 3. The van der Waals surface area contributed by atoms with Gasteiger partial charge in [0.05, 0.1) is 10.1 Å². The Bertz CT molecular complexity index is 991. The number of hydrogen-bond acceptors (Lipinski definition) is 8. The van der Waals surface area contributed by atoms with Crippen molar-refractivity contribution in [2.45, 2.75) is 37.7 Å². The Morgan fingerprint density at radius 2 is 2.18 bits per heavy atom. The normalized spacial score (nSPS) is 16.3. The number of oxime groups is 1. The number of hydrogen-bond donors (Lipinski definition) is 2. The predicted molar refractivity (Wildman–Crippen MR) is 99.8 cm³/mol. The molecule has 152 valence electrons. The number of aryl methyl sites for hydroxylation is 1. The van der Waals surface area contributed by atoms with E-state index in [1.54, 1.807) is 12.1 Å². The van der Waals surface area contributed by atoms with Crippen LogP contribution in [0.2, 0.25) is 0 Å². The first-order chi connectivity index (χ1) is 13.2. The van der Waals surface area contributed by atoms with Crippen LogP contribution in [0.3, 0.4) is 0 Å². The van der Waals surface area contributed by atoms with Crippen LogP contribution in [0.15, 0.2) is 32.5 Å². The summed E-state index contributed by atoms with van der Waals surface area (Å²) >= 11 is 3.11. The van der Waals surface area contributed by atoms with Gasteiger partial charge < -0.3 is 9.94 Å². The second kappa shape index (κ2) is 8.23. The van der Waals surface area contributed by atoms with Gasteiger partial charge in [0.25, 0.3) is 0 Å². The molecule has 2 aromatic rings. The molecular weight excluding hydrogens is 459 g/mol. The van der Waals surface area contributed by atoms with Gasteiger partial charge in [-0.15, -0.1) is 0 Å². The molecule has 28 heavy (non-hydrogen) atoms. The Kier molecular flexibility index (Phi) is 6.12. The van der Waals surface area contributed by atoms with E-state index in [1.165, 1.54) is 6.07 Å². The molecule has 0 amide bonds. The van der Waals surface area contributed by atoms with Crippen molar-refractivity contribution in [2.75, 3.05) is 5.94 Å². The lowest BCUT2D eigenvalue weighted by Gasteiger charge is -2.15. The first-order valence-electron chi connectivity index (χ1n) is 8.32. The van der Waals surface area contributed by atoms with E-state index in [0.29, 0.717) is 41.4 Å². The average molecular weight is 477 g/mol. The van der Waals surface area contributed by atoms with E-state index >= 15 is 0 Å². The van der Waals surface area contributed by atoms with Gasteiger partial charge in [0, 0.05) is 6.42 Å². The van der Waals surface area contributed by atoms with E-state index in [-0.39, 0.29) is 17.8 Å². The van der Waals surface area contributed by atoms with Gasteiger partial charge in [-0.3, -0.25) is 0 Å². The Hall–Kier alpha value is -1.89. The van der Waals surface area contributed by atoms with Crippen molar-refractivity contribution in [3.05, 3.63) is 45.4 Å². The molecule has 1 fully saturated rings. The van der Waals surface area contributed by atoms with Gasteiger partial charge in [0.2, 0.25) is 10.0 Å². The van der Waals surface area contributed by atoms with Crippen LogP contribution >= 0.6 is 15.9 Å². The number of halogens is 2. The molecule has 1 aromatic heterocycles. The molecule has 1 heterocycles. The molecular formula is C16H18BrFN4O5S. The molecule has 12 heteroatoms. The largest absolute Gasteiger partial charge is 0.411 e. The summed E-state index contributed by atoms with van der Waals surface area (Å²) in [6.45, 7) is 0. The van der Waals surface area contributed by atoms with Gasteiger partial charge in [-0.2, -0.15) is 0 Å². The lowest BCUT2D eigenvalue weighted by atomic mass is 10.0. The highest BCUT2D eigenvalue weighted by Gasteiger charge is 2.44. The topological polar surface area (TPSA) is 141 Å². The van der Waals surface area contributed by atoms with Gasteiger partial charge in [0.1, 0.15) is 17.2 Å². The van der Waals surface area contributed by atoms with Gasteiger partial charge in [-0.1, -0.05) is 16.4 Å². The first kappa shape index (κ1) is 20.8. The summed E-state index contributed by atoms with van der Waals surface area (Å²) in [6.07, 6.45) is 2.49. The standard InChI is InChI=1S/C16H18BrFN4O5S/c17-11-7-10(1-2-12(11)18)8-14(20-23)15-13(21-27-22-15)3-4-16(5-6-16)26-9-28(19,24)25/h1-2,7,23H,3-6,8-9H2,(H2,19,24,25)/b20-14+. The van der Waals surface area contributed by atoms with E-state index in [0.717, 1.165) is 0 Å². The smallest absolute Gasteiger partial charge is 0.233 e. The van der Waals surface area contributed by atoms with Crippen LogP contribution in [0.5, 0.6) is 0 Å². The summed E-state index contributed by atoms with van der Waals surface area (Å²) in [5.74, 6) is -0.941. The number of primary sulfonamides is 1. The maximum atomic E-state index is 13.4. The van der Waals surface area contributed by atoms with Crippen LogP contribution < -0.4 is 5.14 Å². The molecule has 3 rings (SSSR count). The van der Waals surface area contributed by atoms with Crippen molar-refractivity contribution in [3.8, 4) is 0 Å². The zero-order valence-electron chi connectivity index (χ0n) is 14.6. The molecule has 1 aromatic carbocycles. The minimum absolute atomic E-state index is 0.184. The summed E-state index contributed by atoms with van der Waals surface area (Å²) < 4.78 is 46.1. The Morgan fingerprint density at radius 1 is 1.43 bits per heavy atom. The van der Waals surface area contributed by atoms with Gasteiger partial charge in [0.15, 0.2) is 11.6 Å². The lowest BCUT2D eigenvalue weighted by Crippen LogP contribution is -2.25. The monoisotopic (exact) mass is 476 g/mol. The van der Waals surface area contributed by atoms with Gasteiger partial charge in [-0.05, 0) is 64.5 Å². The Labute approximate surface area is 168 Å². The molecule has 9 nitrogen and oxygen atoms in total. The van der Waals surface area contributed by atoms with Crippen molar-refractivity contribution in [1.29, 1.82) is 0 Å². The molecule has 1 aliphatic rings. The Morgan fingerprint density at radius 3 is 2.79 bits per heavy atom. The van der Waals surface area contributed by atoms with Crippen molar-refractivity contribution >= 4 is 31.7 Å². The lowest BCUT2D eigenvalue weighted by molar-refractivity contribution is 0.0572. The van der Waals surface area contributed by atoms with Crippen LogP contribution in [0.4, 0.5) is 4.39 Å². The molecule has 0 aliphatic heterocycles. The fraction of sp³-hybridized carbons (Fsp3) is 0.438. The van der Waals surface area contributed by atoms with Crippen molar-refractivity contribution < 1.29 is 27.4 Å². The highest BCUT2D eigenvalue weighted by atomic mass is 79.9. The summed E-state index contributed by atoms with van der Waals surface area (Å²) in [5, 5.41) is 25.3. The van der Waals surface area contributed by atoms with Crippen LogP contribution in [-0.4, -0.2) is 41.2 Å². The highest BCUT2D eigenvalue weighted by Crippen LogP contribution is 2.43. The second-order valence-corrected chi connectivity index (χ2v) is 9.06. The van der Waals surface area contributed by atoms with Crippen molar-refractivity contribution in [1.82, 2.24) is 10.3 Å². The molecule has 3 N–H and O–H groups in total. The summed E-state index contributed by atoms with van der Waals surface area (Å²) in [5.41, 5.74) is 1.10. The third-order valence-corrected chi connectivity index (χ3v) is 5.51. The molecule has 0 unspecified atom stereocenters. The maximum absolute atomic E-state index is 13.4. The SMILES string of the molecule is NS(=O)(=O)COC1(CCc2nonc2/C(Cc2ccc(F)c(Br)c2)=N/O)CC1. The van der Waals surface area contributed by atoms with E-state index in [2.05, 4.69) is 31.4 Å². The van der Waals surface area contributed by atoms with E-state index in [1.807, 2.05) is 0 Å². The molecule has 0 atom stereocenters. The number of benzene rings is 1. The molecule has 0 saturated heterocycles. The van der Waals surface area contributed by atoms with Crippen LogP contribution in [0, 0.1) is 5.82 Å². The number of rotatable bonds is 9. The van der Waals surface area contributed by atoms with Crippen LogP contribution in [0.25, 0.3) is 0 Å². The van der Waals surface area contributed by atoms with Gasteiger partial charge in [-0.25, -0.2) is 22.6 Å². The highest BCUT2D eigenvalue weighted by molar-refractivity contribution is 9.10. The summed E-state index contributed by atoms with van der Waals surface area (Å²) in [4.78, 5) is 0. The maximum Gasteiger partial charge on any atom is 0.233 e. The molecule has 0 bridgehead atoms. The van der Waals surface area contributed by atoms with Crippen molar-refractivity contribution in [2.24, 2.45) is 10.3 Å². The quantitative estimate of drug-likeness (QED) is 0.320. The first-order valence-corrected chi connectivity index (χ1v) is 10.8. The molecule has 0 radical (unpaired) electrons. The summed E-state index contributed by atoms with van der Waals surface area (Å²) in [6, 6.07) is 4.45. The minimum atomic E-state index is -3.71. The third kappa shape index (κ3) is 5.34. The number of nitrogens with two attached hydrogens (primary N) is 1. The zero-order valence-corrected chi connectivity index (χ0v) is 17.0. The third-order valence-electron chi connectivity index (χ3n) is 4.46. The van der Waals surface area contributed by atoms with E-state index in [4.69, 9.17) is 14.5 Å². The van der Waals surface area contributed by atoms with Crippen LogP contribution in [0.1, 0.15) is 36.2 Å². The fourth-order valence-electron chi connectivity index (χ4n) is 2.76. The Balaban J connectivity index is 1.67. The fourth-order valence-corrected chi connectivity index (χ4v) is 3.60. The summed E-state index contributed by atoms with van der Waals surface area (Å²) in [7, 11) is -3.71. The predicted octanol–water partition coefficient (Wildman–Crippen LogP) is 2.12. The molecule has 1 aliphatic carbocycles. The van der Waals surface area contributed by atoms with E-state index in [9.17, 15) is 18.0 Å². The number of aromatic nitrogens is 2. The van der Waals surface area contributed by atoms with Crippen LogP contribution in [-0.2, 0) is 27.6 Å². The van der Waals surface area contributed by atoms with Gasteiger partial charge >= 0.3 is 0 Å². The molecule has 0 spiro atoms. The average Bonchev–Trinajstić information content (AvgIpc) is 3.27. The van der Waals surface area contributed by atoms with Crippen molar-refractivity contribution in [3.63, 3.8) is 0 Å². The zero-order chi connectivity index (χ0) is 20.4. The molecule has 1 saturated carbocycles. The van der Waals surface area contributed by atoms with E-state index < -0.39 is 27.4 Å². The second-order valence-electron chi connectivity index (χ2n) is 6.64. The number of ether oxygens (including phenoxy) is 1. The minimum Gasteiger partial charge on any atom is -0.411 e.